The lowest BCUT2D eigenvalue weighted by Crippen LogP contribution is -2.30. The summed E-state index contributed by atoms with van der Waals surface area (Å²) in [5, 5.41) is 10.7. The summed E-state index contributed by atoms with van der Waals surface area (Å²) in [5.74, 6) is 0.330. The Morgan fingerprint density at radius 1 is 0.274 bits per heavy atom. The van der Waals surface area contributed by atoms with Gasteiger partial charge in [0.1, 0.15) is 19.3 Å². The van der Waals surface area contributed by atoms with E-state index in [1.807, 2.05) is 0 Å². The van der Waals surface area contributed by atoms with Crippen LogP contribution in [0.2, 0.25) is 0 Å². The van der Waals surface area contributed by atoms with Crippen molar-refractivity contribution >= 4 is 39.5 Å². The largest absolute Gasteiger partial charge is 0.472 e. The highest BCUT2D eigenvalue weighted by molar-refractivity contribution is 7.47. The molecule has 17 nitrogen and oxygen atoms in total. The third kappa shape index (κ3) is 77.4. The number of aliphatic hydroxyl groups is 1. The number of hydrogen-bond donors (Lipinski definition) is 3. The van der Waals surface area contributed by atoms with Crippen molar-refractivity contribution in [2.45, 2.75) is 478 Å². The average molecular weight is 1550 g/mol. The van der Waals surface area contributed by atoms with Crippen molar-refractivity contribution in [1.82, 2.24) is 0 Å². The fourth-order valence-electron chi connectivity index (χ4n) is 13.5. The quantitative estimate of drug-likeness (QED) is 0.0222. The van der Waals surface area contributed by atoms with Crippen LogP contribution in [0.15, 0.2) is 0 Å². The molecule has 0 fully saturated rings. The molecule has 0 amide bonds. The van der Waals surface area contributed by atoms with Gasteiger partial charge in [-0.1, -0.05) is 408 Å². The fourth-order valence-corrected chi connectivity index (χ4v) is 15.1. The third-order valence-corrected chi connectivity index (χ3v) is 23.0. The lowest BCUT2D eigenvalue weighted by molar-refractivity contribution is -0.161. The summed E-state index contributed by atoms with van der Waals surface area (Å²) in [6.07, 6.45) is 67.9. The van der Waals surface area contributed by atoms with Crippen molar-refractivity contribution in [3.63, 3.8) is 0 Å². The van der Waals surface area contributed by atoms with Crippen LogP contribution in [0.3, 0.4) is 0 Å². The van der Waals surface area contributed by atoms with Gasteiger partial charge in [0, 0.05) is 25.7 Å². The number of aliphatic hydroxyl groups excluding tert-OH is 1. The van der Waals surface area contributed by atoms with E-state index in [0.29, 0.717) is 25.7 Å². The second kappa shape index (κ2) is 77.0. The molecule has 0 saturated heterocycles. The molecule has 0 aromatic rings. The van der Waals surface area contributed by atoms with Gasteiger partial charge in [-0.3, -0.25) is 37.3 Å². The van der Waals surface area contributed by atoms with E-state index in [4.69, 9.17) is 37.0 Å². The fraction of sp³-hybridized carbons (Fsp3) is 0.954. The van der Waals surface area contributed by atoms with Crippen LogP contribution in [0.4, 0.5) is 0 Å². The van der Waals surface area contributed by atoms with E-state index >= 15 is 0 Å². The van der Waals surface area contributed by atoms with Gasteiger partial charge in [-0.2, -0.15) is 0 Å². The van der Waals surface area contributed by atoms with Crippen molar-refractivity contribution < 1.29 is 80.2 Å². The van der Waals surface area contributed by atoms with Crippen LogP contribution in [-0.4, -0.2) is 96.7 Å². The molecule has 0 aliphatic heterocycles. The van der Waals surface area contributed by atoms with E-state index in [1.165, 1.54) is 270 Å². The van der Waals surface area contributed by atoms with Gasteiger partial charge in [0.2, 0.25) is 0 Å². The third-order valence-electron chi connectivity index (χ3n) is 21.1. The minimum atomic E-state index is -4.97. The molecule has 19 heteroatoms. The summed E-state index contributed by atoms with van der Waals surface area (Å²) in [5.41, 5.74) is 0. The molecule has 0 aromatic heterocycles. The second-order valence-corrected chi connectivity index (χ2v) is 35.1. The first-order valence-electron chi connectivity index (χ1n) is 44.9. The molecule has 0 aliphatic rings. The average Bonchev–Trinajstić information content (AvgIpc) is 0.901. The molecule has 0 saturated carbocycles. The van der Waals surface area contributed by atoms with Gasteiger partial charge in [0.05, 0.1) is 26.4 Å². The van der Waals surface area contributed by atoms with Crippen LogP contribution in [0, 0.1) is 17.8 Å². The first kappa shape index (κ1) is 104. The maximum Gasteiger partial charge on any atom is 0.472 e. The second-order valence-electron chi connectivity index (χ2n) is 32.2. The van der Waals surface area contributed by atoms with Gasteiger partial charge >= 0.3 is 39.5 Å². The number of carbonyl (C=O) groups excluding carboxylic acids is 4. The summed E-state index contributed by atoms with van der Waals surface area (Å²) in [6, 6.07) is 0. The maximum absolute atomic E-state index is 13.2. The zero-order chi connectivity index (χ0) is 77.9. The van der Waals surface area contributed by atoms with Crippen molar-refractivity contribution in [1.29, 1.82) is 0 Å². The van der Waals surface area contributed by atoms with Crippen molar-refractivity contribution in [2.24, 2.45) is 17.8 Å². The molecule has 7 atom stereocenters. The number of phosphoric ester groups is 2. The first-order chi connectivity index (χ1) is 51.3. The minimum Gasteiger partial charge on any atom is -0.462 e. The molecule has 3 N–H and O–H groups in total. The maximum atomic E-state index is 13.2. The van der Waals surface area contributed by atoms with E-state index in [1.54, 1.807) is 0 Å². The van der Waals surface area contributed by atoms with E-state index in [9.17, 15) is 43.2 Å². The molecule has 4 unspecified atom stereocenters. The molecular formula is C87H170O17P2. The zero-order valence-electron chi connectivity index (χ0n) is 69.9. The van der Waals surface area contributed by atoms with E-state index < -0.39 is 97.5 Å². The van der Waals surface area contributed by atoms with Crippen LogP contribution in [0.5, 0.6) is 0 Å². The molecule has 0 radical (unpaired) electrons. The van der Waals surface area contributed by atoms with Crippen LogP contribution in [0.1, 0.15) is 459 Å². The van der Waals surface area contributed by atoms with Gasteiger partial charge in [-0.25, -0.2) is 9.13 Å². The molecule has 0 rings (SSSR count). The highest BCUT2D eigenvalue weighted by Gasteiger charge is 2.31. The van der Waals surface area contributed by atoms with Gasteiger partial charge in [-0.05, 0) is 43.4 Å². The molecule has 0 aromatic carbocycles. The number of ether oxygens (including phenoxy) is 4. The number of phosphoric acid groups is 2. The lowest BCUT2D eigenvalue weighted by atomic mass is 9.99. The molecule has 0 bridgehead atoms. The van der Waals surface area contributed by atoms with Crippen molar-refractivity contribution in [2.75, 3.05) is 39.6 Å². The van der Waals surface area contributed by atoms with Crippen LogP contribution < -0.4 is 0 Å². The summed E-state index contributed by atoms with van der Waals surface area (Å²) in [6.45, 7) is 12.1. The van der Waals surface area contributed by atoms with Crippen molar-refractivity contribution in [3.8, 4) is 0 Å². The standard InChI is InChI=1S/C87H170O17P2/c1-8-11-12-13-14-15-16-17-18-21-25-28-31-40-47-54-61-68-84(89)97-74-82(103-86(91)70-63-56-49-42-32-29-26-23-20-19-22-24-27-30-38-45-52-59-66-79(6)9-2)76-101-105(93,94)99-72-81(88)73-100-106(95,96)102-77-83(75-98-85(90)69-62-55-48-41-35-33-37-44-51-58-65-78(4)5)104-87(92)71-64-57-50-43-36-34-39-46-53-60-67-80(7)10-3/h78-83,88H,8-77H2,1-7H3,(H,93,94)(H,95,96)/t79?,80?,81-,82-,83-/m1/s1. The predicted octanol–water partition coefficient (Wildman–Crippen LogP) is 26.5. The Bertz CT molecular complexity index is 2050. The van der Waals surface area contributed by atoms with E-state index in [2.05, 4.69) is 48.5 Å². The normalized spacial score (nSPS) is 14.4. The minimum absolute atomic E-state index is 0.106. The highest BCUT2D eigenvalue weighted by atomic mass is 31.2. The summed E-state index contributed by atoms with van der Waals surface area (Å²) >= 11 is 0. The summed E-state index contributed by atoms with van der Waals surface area (Å²) in [4.78, 5) is 73.3. The van der Waals surface area contributed by atoms with Gasteiger partial charge in [0.15, 0.2) is 12.2 Å². The zero-order valence-corrected chi connectivity index (χ0v) is 71.7. The Morgan fingerprint density at radius 2 is 0.481 bits per heavy atom. The van der Waals surface area contributed by atoms with Gasteiger partial charge in [0.25, 0.3) is 0 Å². The van der Waals surface area contributed by atoms with Gasteiger partial charge < -0.3 is 33.8 Å². The van der Waals surface area contributed by atoms with Crippen LogP contribution in [0.25, 0.3) is 0 Å². The number of unbranched alkanes of at least 4 members (excludes halogenated alkanes) is 51. The SMILES string of the molecule is CCCCCCCCCCCCCCCCCCCC(=O)OC[C@H](COP(=O)(O)OC[C@@H](O)COP(=O)(O)OC[C@@H](COC(=O)CCCCCCCCCCCCC(C)C)OC(=O)CCCCCCCCCCCCC(C)CC)OC(=O)CCCCCCCCCCCCCCCCCCCCC(C)CC. The lowest BCUT2D eigenvalue weighted by Gasteiger charge is -2.21. The highest BCUT2D eigenvalue weighted by Crippen LogP contribution is 2.45. The van der Waals surface area contributed by atoms with Crippen molar-refractivity contribution in [3.05, 3.63) is 0 Å². The topological polar surface area (TPSA) is 237 Å². The molecule has 0 spiro atoms. The Labute approximate surface area is 651 Å². The molecule has 630 valence electrons. The monoisotopic (exact) mass is 1550 g/mol. The molecule has 0 heterocycles. The smallest absolute Gasteiger partial charge is 0.462 e. The predicted molar refractivity (Wildman–Crippen MR) is 437 cm³/mol. The van der Waals surface area contributed by atoms with Crippen LogP contribution in [-0.2, 0) is 65.4 Å². The van der Waals surface area contributed by atoms with E-state index in [-0.39, 0.29) is 25.7 Å². The number of carbonyl (C=O) groups is 4. The van der Waals surface area contributed by atoms with E-state index in [0.717, 1.165) is 108 Å². The Hall–Kier alpha value is -1.94. The molecule has 0 aliphatic carbocycles. The molecule has 106 heavy (non-hydrogen) atoms. The summed E-state index contributed by atoms with van der Waals surface area (Å²) < 4.78 is 69.0. The summed E-state index contributed by atoms with van der Waals surface area (Å²) in [7, 11) is -9.93. The molecular weight excluding hydrogens is 1380 g/mol. The number of esters is 4. The number of hydrogen-bond acceptors (Lipinski definition) is 15. The Morgan fingerprint density at radius 3 is 0.717 bits per heavy atom. The Balaban J connectivity index is 5.25. The first-order valence-corrected chi connectivity index (χ1v) is 47.9. The Kier molecular flexibility index (Phi) is 75.6. The number of rotatable bonds is 85. The van der Waals surface area contributed by atoms with Crippen LogP contribution >= 0.6 is 15.6 Å². The van der Waals surface area contributed by atoms with Gasteiger partial charge in [-0.15, -0.1) is 0 Å².